The smallest absolute Gasteiger partial charge is 0.244 e. The van der Waals surface area contributed by atoms with Crippen molar-refractivity contribution in [2.24, 2.45) is 0 Å². The fourth-order valence-electron chi connectivity index (χ4n) is 2.78. The van der Waals surface area contributed by atoms with Crippen LogP contribution in [0.25, 0.3) is 0 Å². The van der Waals surface area contributed by atoms with Crippen LogP contribution < -0.4 is 4.90 Å². The maximum Gasteiger partial charge on any atom is 0.244 e. The van der Waals surface area contributed by atoms with Crippen LogP contribution in [0, 0.1) is 6.92 Å². The minimum atomic E-state index is 0.0888. The predicted octanol–water partition coefficient (Wildman–Crippen LogP) is 2.31. The first-order chi connectivity index (χ1) is 11.6. The quantitative estimate of drug-likeness (QED) is 0.778. The monoisotopic (exact) mass is 365 g/mol. The number of hydrogen-bond acceptors (Lipinski definition) is 5. The van der Waals surface area contributed by atoms with E-state index < -0.39 is 0 Å². The van der Waals surface area contributed by atoms with Crippen LogP contribution in [-0.4, -0.2) is 58.0 Å². The van der Waals surface area contributed by atoms with Gasteiger partial charge in [0.2, 0.25) is 5.91 Å². The van der Waals surface area contributed by atoms with Gasteiger partial charge in [-0.3, -0.25) is 4.79 Å². The number of anilines is 1. The van der Waals surface area contributed by atoms with Crippen LogP contribution in [0.3, 0.4) is 0 Å². The van der Waals surface area contributed by atoms with Gasteiger partial charge in [0.15, 0.2) is 5.16 Å². The fraction of sp³-hybridized carbons (Fsp3) is 0.438. The number of nitrogens with zero attached hydrogens (tertiary/aromatic N) is 5. The molecule has 1 aliphatic heterocycles. The molecule has 0 N–H and O–H groups in total. The normalized spacial score (nSPS) is 15.0. The number of rotatable bonds is 4. The van der Waals surface area contributed by atoms with Gasteiger partial charge in [0.25, 0.3) is 0 Å². The van der Waals surface area contributed by atoms with Crippen LogP contribution in [0.2, 0.25) is 5.02 Å². The summed E-state index contributed by atoms with van der Waals surface area (Å²) in [5.41, 5.74) is 1.14. The summed E-state index contributed by atoms with van der Waals surface area (Å²) < 4.78 is 1.69. The molecule has 1 aromatic carbocycles. The molecule has 0 aliphatic carbocycles. The average molecular weight is 366 g/mol. The SMILES string of the molecule is CSc1nc(C)nn1CC(=O)N1CCN(c2ccc(Cl)cc2)CC1. The summed E-state index contributed by atoms with van der Waals surface area (Å²) in [4.78, 5) is 21.0. The molecule has 0 saturated carbocycles. The van der Waals surface area contributed by atoms with Crippen LogP contribution >= 0.6 is 23.4 Å². The zero-order chi connectivity index (χ0) is 17.1. The van der Waals surface area contributed by atoms with Gasteiger partial charge in [-0.2, -0.15) is 5.10 Å². The van der Waals surface area contributed by atoms with E-state index in [1.165, 1.54) is 11.8 Å². The largest absolute Gasteiger partial charge is 0.368 e. The van der Waals surface area contributed by atoms with Gasteiger partial charge in [-0.1, -0.05) is 23.4 Å². The number of aryl methyl sites for hydroxylation is 1. The molecule has 0 atom stereocenters. The second-order valence-corrected chi connectivity index (χ2v) is 6.86. The molecular weight excluding hydrogens is 346 g/mol. The highest BCUT2D eigenvalue weighted by molar-refractivity contribution is 7.98. The number of carbonyl (C=O) groups excluding carboxylic acids is 1. The van der Waals surface area contributed by atoms with Gasteiger partial charge in [-0.15, -0.1) is 0 Å². The van der Waals surface area contributed by atoms with E-state index in [1.807, 2.05) is 42.3 Å². The third-order valence-electron chi connectivity index (χ3n) is 4.04. The van der Waals surface area contributed by atoms with Crippen LogP contribution in [0.4, 0.5) is 5.69 Å². The minimum Gasteiger partial charge on any atom is -0.368 e. The molecule has 8 heteroatoms. The fourth-order valence-corrected chi connectivity index (χ4v) is 3.45. The number of thioether (sulfide) groups is 1. The molecular formula is C16H20ClN5OS. The molecule has 0 radical (unpaired) electrons. The second kappa shape index (κ2) is 7.44. The molecule has 2 heterocycles. The van der Waals surface area contributed by atoms with Gasteiger partial charge >= 0.3 is 0 Å². The van der Waals surface area contributed by atoms with Crippen LogP contribution in [0.15, 0.2) is 29.4 Å². The van der Waals surface area contributed by atoms with Gasteiger partial charge in [0.05, 0.1) is 0 Å². The second-order valence-electron chi connectivity index (χ2n) is 5.65. The Morgan fingerprint density at radius 3 is 2.50 bits per heavy atom. The Bertz CT molecular complexity index is 710. The Hall–Kier alpha value is -1.73. The van der Waals surface area contributed by atoms with Crippen molar-refractivity contribution in [2.45, 2.75) is 18.6 Å². The minimum absolute atomic E-state index is 0.0888. The van der Waals surface area contributed by atoms with E-state index in [1.54, 1.807) is 4.68 Å². The van der Waals surface area contributed by atoms with E-state index in [9.17, 15) is 4.79 Å². The number of halogens is 1. The number of aromatic nitrogens is 3. The van der Waals surface area contributed by atoms with Crippen molar-refractivity contribution >= 4 is 35.0 Å². The van der Waals surface area contributed by atoms with Gasteiger partial charge in [-0.05, 0) is 37.4 Å². The van der Waals surface area contributed by atoms with E-state index in [2.05, 4.69) is 15.0 Å². The lowest BCUT2D eigenvalue weighted by atomic mass is 10.2. The molecule has 1 aromatic heterocycles. The van der Waals surface area contributed by atoms with Gasteiger partial charge in [0, 0.05) is 36.9 Å². The molecule has 24 heavy (non-hydrogen) atoms. The van der Waals surface area contributed by atoms with E-state index in [-0.39, 0.29) is 12.5 Å². The van der Waals surface area contributed by atoms with Crippen LogP contribution in [-0.2, 0) is 11.3 Å². The molecule has 0 bridgehead atoms. The number of benzene rings is 1. The standard InChI is InChI=1S/C16H20ClN5OS/c1-12-18-16(24-2)22(19-12)11-15(23)21-9-7-20(8-10-21)14-5-3-13(17)4-6-14/h3-6H,7-11H2,1-2H3. The van der Waals surface area contributed by atoms with Crippen LogP contribution in [0.5, 0.6) is 0 Å². The first-order valence-corrected chi connectivity index (χ1v) is 9.41. The summed E-state index contributed by atoms with van der Waals surface area (Å²) in [7, 11) is 0. The lowest BCUT2D eigenvalue weighted by molar-refractivity contribution is -0.132. The van der Waals surface area contributed by atoms with Crippen molar-refractivity contribution in [2.75, 3.05) is 37.3 Å². The average Bonchev–Trinajstić information content (AvgIpc) is 2.95. The highest BCUT2D eigenvalue weighted by Crippen LogP contribution is 2.19. The van der Waals surface area contributed by atoms with Crippen molar-refractivity contribution in [3.63, 3.8) is 0 Å². The Morgan fingerprint density at radius 1 is 1.21 bits per heavy atom. The van der Waals surface area contributed by atoms with Crippen LogP contribution in [0.1, 0.15) is 5.82 Å². The Balaban J connectivity index is 1.57. The molecule has 6 nitrogen and oxygen atoms in total. The molecule has 1 fully saturated rings. The topological polar surface area (TPSA) is 54.3 Å². The first-order valence-electron chi connectivity index (χ1n) is 7.80. The van der Waals surface area contributed by atoms with Crippen molar-refractivity contribution in [1.82, 2.24) is 19.7 Å². The third kappa shape index (κ3) is 3.84. The molecule has 2 aromatic rings. The summed E-state index contributed by atoms with van der Waals surface area (Å²) >= 11 is 7.44. The van der Waals surface area contributed by atoms with Gasteiger partial charge in [0.1, 0.15) is 12.4 Å². The van der Waals surface area contributed by atoms with E-state index >= 15 is 0 Å². The van der Waals surface area contributed by atoms with E-state index in [0.29, 0.717) is 18.9 Å². The number of carbonyl (C=O) groups is 1. The highest BCUT2D eigenvalue weighted by Gasteiger charge is 2.22. The predicted molar refractivity (Wildman–Crippen MR) is 96.8 cm³/mol. The maximum atomic E-state index is 12.5. The van der Waals surface area contributed by atoms with E-state index in [4.69, 9.17) is 11.6 Å². The van der Waals surface area contributed by atoms with Gasteiger partial charge < -0.3 is 9.80 Å². The summed E-state index contributed by atoms with van der Waals surface area (Å²) in [5, 5.41) is 5.82. The first kappa shape index (κ1) is 17.1. The van der Waals surface area contributed by atoms with Crippen molar-refractivity contribution in [3.8, 4) is 0 Å². The van der Waals surface area contributed by atoms with Gasteiger partial charge in [-0.25, -0.2) is 9.67 Å². The molecule has 0 spiro atoms. The maximum absolute atomic E-state index is 12.5. The third-order valence-corrected chi connectivity index (χ3v) is 4.95. The zero-order valence-corrected chi connectivity index (χ0v) is 15.3. The lowest BCUT2D eigenvalue weighted by Crippen LogP contribution is -2.49. The Kier molecular flexibility index (Phi) is 5.30. The molecule has 1 saturated heterocycles. The van der Waals surface area contributed by atoms with E-state index in [0.717, 1.165) is 29.0 Å². The molecule has 128 valence electrons. The molecule has 0 unspecified atom stereocenters. The molecule has 1 aliphatic rings. The highest BCUT2D eigenvalue weighted by atomic mass is 35.5. The zero-order valence-electron chi connectivity index (χ0n) is 13.8. The Labute approximate surface area is 150 Å². The van der Waals surface area contributed by atoms with Crippen molar-refractivity contribution in [1.29, 1.82) is 0 Å². The summed E-state index contributed by atoms with van der Waals surface area (Å²) in [6.45, 7) is 5.15. The Morgan fingerprint density at radius 2 is 1.88 bits per heavy atom. The summed E-state index contributed by atoms with van der Waals surface area (Å²) in [6, 6.07) is 7.82. The molecule has 3 rings (SSSR count). The number of piperazine rings is 1. The lowest BCUT2D eigenvalue weighted by Gasteiger charge is -2.36. The van der Waals surface area contributed by atoms with Crippen molar-refractivity contribution < 1.29 is 4.79 Å². The molecule has 1 amide bonds. The number of hydrogen-bond donors (Lipinski definition) is 0. The number of amides is 1. The summed E-state index contributed by atoms with van der Waals surface area (Å²) in [5.74, 6) is 0.783. The van der Waals surface area contributed by atoms with Crippen molar-refractivity contribution in [3.05, 3.63) is 35.1 Å². The summed E-state index contributed by atoms with van der Waals surface area (Å²) in [6.07, 6.45) is 1.94.